The van der Waals surface area contributed by atoms with Crippen LogP contribution in [0, 0.1) is 0 Å². The van der Waals surface area contributed by atoms with Crippen LogP contribution in [0.15, 0.2) is 82.8 Å². The number of carbonyl (C=O) groups is 1. The number of hydrogen-bond donors (Lipinski definition) is 0. The molecule has 186 valence electrons. The van der Waals surface area contributed by atoms with Crippen LogP contribution in [0.4, 0.5) is 5.69 Å². The first kappa shape index (κ1) is 24.4. The Balaban J connectivity index is 1.38. The van der Waals surface area contributed by atoms with E-state index in [1.807, 2.05) is 83.9 Å². The zero-order valence-electron chi connectivity index (χ0n) is 20.4. The van der Waals surface area contributed by atoms with Crippen molar-refractivity contribution >= 4 is 34.6 Å². The number of thioether (sulfide) groups is 1. The van der Waals surface area contributed by atoms with Crippen molar-refractivity contribution in [2.24, 2.45) is 4.99 Å². The topological polar surface area (TPSA) is 59.3 Å². The number of aromatic nitrogens is 1. The van der Waals surface area contributed by atoms with Crippen LogP contribution in [0.1, 0.15) is 12.1 Å². The van der Waals surface area contributed by atoms with Crippen molar-refractivity contribution in [3.8, 4) is 11.4 Å². The second kappa shape index (κ2) is 11.6. The summed E-state index contributed by atoms with van der Waals surface area (Å²) in [6.07, 6.45) is 4.84. The molecule has 3 heterocycles. The van der Waals surface area contributed by atoms with E-state index in [0.717, 1.165) is 67.3 Å². The molecule has 0 spiro atoms. The van der Waals surface area contributed by atoms with Gasteiger partial charge in [0.1, 0.15) is 5.75 Å². The molecule has 2 aliphatic heterocycles. The quantitative estimate of drug-likeness (QED) is 0.414. The van der Waals surface area contributed by atoms with E-state index in [1.54, 1.807) is 7.11 Å². The predicted octanol–water partition coefficient (Wildman–Crippen LogP) is 4.81. The number of ether oxygens (including phenoxy) is 2. The Labute approximate surface area is 216 Å². The van der Waals surface area contributed by atoms with Crippen molar-refractivity contribution in [1.82, 2.24) is 14.4 Å². The maximum absolute atomic E-state index is 13.5. The predicted molar refractivity (Wildman–Crippen MR) is 145 cm³/mol. The monoisotopic (exact) mass is 502 g/mol. The molecule has 5 rings (SSSR count). The Morgan fingerprint density at radius 1 is 1.00 bits per heavy atom. The fourth-order valence-corrected chi connectivity index (χ4v) is 5.31. The maximum Gasteiger partial charge on any atom is 0.266 e. The first-order chi connectivity index (χ1) is 17.7. The molecule has 2 aromatic carbocycles. The molecule has 0 bridgehead atoms. The highest BCUT2D eigenvalue weighted by atomic mass is 32.2. The number of nitrogens with zero attached hydrogens (tertiary/aromatic N) is 4. The van der Waals surface area contributed by atoms with Gasteiger partial charge < -0.3 is 14.0 Å². The van der Waals surface area contributed by atoms with Gasteiger partial charge in [-0.15, -0.1) is 0 Å². The van der Waals surface area contributed by atoms with E-state index >= 15 is 0 Å². The van der Waals surface area contributed by atoms with Crippen LogP contribution in [-0.2, 0) is 9.53 Å². The van der Waals surface area contributed by atoms with Gasteiger partial charge in [0, 0.05) is 43.8 Å². The minimum atomic E-state index is -0.000797. The zero-order valence-corrected chi connectivity index (χ0v) is 21.2. The number of amidine groups is 1. The molecule has 0 saturated carbocycles. The molecule has 1 aromatic heterocycles. The van der Waals surface area contributed by atoms with Gasteiger partial charge in [0.05, 0.1) is 30.9 Å². The third-order valence-corrected chi connectivity index (χ3v) is 7.25. The third-order valence-electron chi connectivity index (χ3n) is 6.24. The average molecular weight is 503 g/mol. The van der Waals surface area contributed by atoms with Crippen LogP contribution in [0.2, 0.25) is 0 Å². The summed E-state index contributed by atoms with van der Waals surface area (Å²) in [6.45, 7) is 5.02. The lowest BCUT2D eigenvalue weighted by Gasteiger charge is -2.27. The average Bonchev–Trinajstić information content (AvgIpc) is 3.50. The van der Waals surface area contributed by atoms with E-state index < -0.39 is 0 Å². The van der Waals surface area contributed by atoms with E-state index in [4.69, 9.17) is 14.5 Å². The van der Waals surface area contributed by atoms with Gasteiger partial charge >= 0.3 is 0 Å². The molecular formula is C28H30N4O3S. The summed E-state index contributed by atoms with van der Waals surface area (Å²) < 4.78 is 12.8. The number of morpholine rings is 1. The Bertz CT molecular complexity index is 1230. The Morgan fingerprint density at radius 2 is 1.78 bits per heavy atom. The third kappa shape index (κ3) is 5.73. The van der Waals surface area contributed by atoms with Crippen LogP contribution in [0.25, 0.3) is 11.8 Å². The highest BCUT2D eigenvalue weighted by Crippen LogP contribution is 2.34. The summed E-state index contributed by atoms with van der Waals surface area (Å²) in [5.41, 5.74) is 2.78. The zero-order chi connectivity index (χ0) is 24.7. The lowest BCUT2D eigenvalue weighted by atomic mass is 10.2. The first-order valence-corrected chi connectivity index (χ1v) is 13.0. The van der Waals surface area contributed by atoms with Crippen molar-refractivity contribution in [2.45, 2.75) is 6.42 Å². The molecule has 2 aliphatic rings. The Morgan fingerprint density at radius 3 is 2.53 bits per heavy atom. The van der Waals surface area contributed by atoms with E-state index in [-0.39, 0.29) is 5.91 Å². The van der Waals surface area contributed by atoms with Crippen molar-refractivity contribution in [1.29, 1.82) is 0 Å². The molecule has 2 fully saturated rings. The normalized spacial score (nSPS) is 18.9. The van der Waals surface area contributed by atoms with Gasteiger partial charge in [-0.25, -0.2) is 4.99 Å². The lowest BCUT2D eigenvalue weighted by molar-refractivity contribution is -0.122. The van der Waals surface area contributed by atoms with Crippen LogP contribution in [0.5, 0.6) is 5.75 Å². The van der Waals surface area contributed by atoms with Crippen molar-refractivity contribution in [3.05, 3.63) is 83.5 Å². The largest absolute Gasteiger partial charge is 0.497 e. The fraction of sp³-hybridized carbons (Fsp3) is 0.286. The van der Waals surface area contributed by atoms with E-state index in [0.29, 0.717) is 11.4 Å². The molecule has 7 nitrogen and oxygen atoms in total. The molecule has 0 N–H and O–H groups in total. The summed E-state index contributed by atoms with van der Waals surface area (Å²) in [5, 5.41) is 0.724. The summed E-state index contributed by atoms with van der Waals surface area (Å²) in [6, 6.07) is 21.7. The number of benzene rings is 2. The Kier molecular flexibility index (Phi) is 7.85. The summed E-state index contributed by atoms with van der Waals surface area (Å²) in [5.74, 6) is 0.806. The van der Waals surface area contributed by atoms with Crippen LogP contribution in [-0.4, -0.2) is 71.9 Å². The van der Waals surface area contributed by atoms with Crippen molar-refractivity contribution < 1.29 is 14.3 Å². The Hall–Kier alpha value is -3.33. The molecule has 0 atom stereocenters. The highest BCUT2D eigenvalue weighted by molar-refractivity contribution is 8.18. The van der Waals surface area contributed by atoms with Gasteiger partial charge in [-0.2, -0.15) is 0 Å². The molecule has 1 amide bonds. The number of carbonyl (C=O) groups excluding carboxylic acids is 1. The van der Waals surface area contributed by atoms with E-state index in [2.05, 4.69) is 9.47 Å². The van der Waals surface area contributed by atoms with Gasteiger partial charge in [-0.05, 0) is 72.8 Å². The number of methoxy groups -OCH3 is 1. The molecule has 2 saturated heterocycles. The number of hydrogen-bond acceptors (Lipinski definition) is 6. The molecule has 36 heavy (non-hydrogen) atoms. The van der Waals surface area contributed by atoms with E-state index in [1.165, 1.54) is 11.8 Å². The summed E-state index contributed by atoms with van der Waals surface area (Å²) >= 11 is 1.44. The number of rotatable bonds is 8. The molecule has 3 aromatic rings. The molecule has 0 radical (unpaired) electrons. The highest BCUT2D eigenvalue weighted by Gasteiger charge is 2.33. The standard InChI is InChI=1S/C28H30N4O3S/c1-34-25-12-10-23(11-13-25)31-15-5-9-24(31)21-26-27(33)32(16-6-14-30-17-19-35-20-18-30)28(36-26)29-22-7-3-2-4-8-22/h2-5,7-13,15,21H,6,14,16-20H2,1H3/b26-21-,29-28?. The van der Waals surface area contributed by atoms with Crippen LogP contribution in [0.3, 0.4) is 0 Å². The van der Waals surface area contributed by atoms with Gasteiger partial charge in [-0.1, -0.05) is 18.2 Å². The SMILES string of the molecule is COc1ccc(-n2cccc2/C=C2\SC(=Nc3ccccc3)N(CCCN3CCOCC3)C2=O)cc1. The lowest BCUT2D eigenvalue weighted by Crippen LogP contribution is -2.38. The van der Waals surface area contributed by atoms with Gasteiger partial charge in [0.2, 0.25) is 0 Å². The number of para-hydroxylation sites is 1. The number of aliphatic imine (C=N–C) groups is 1. The summed E-state index contributed by atoms with van der Waals surface area (Å²) in [7, 11) is 1.66. The van der Waals surface area contributed by atoms with Crippen LogP contribution < -0.4 is 4.74 Å². The van der Waals surface area contributed by atoms with Crippen molar-refractivity contribution in [3.63, 3.8) is 0 Å². The molecule has 0 unspecified atom stereocenters. The van der Waals surface area contributed by atoms with Crippen LogP contribution >= 0.6 is 11.8 Å². The van der Waals surface area contributed by atoms with Gasteiger partial charge in [-0.3, -0.25) is 14.6 Å². The minimum Gasteiger partial charge on any atom is -0.497 e. The minimum absolute atomic E-state index is 0.000797. The molecule has 8 heteroatoms. The maximum atomic E-state index is 13.5. The van der Waals surface area contributed by atoms with Crippen molar-refractivity contribution in [2.75, 3.05) is 46.5 Å². The van der Waals surface area contributed by atoms with E-state index in [9.17, 15) is 4.79 Å². The first-order valence-electron chi connectivity index (χ1n) is 12.2. The fourth-order valence-electron chi connectivity index (χ4n) is 4.30. The van der Waals surface area contributed by atoms with Gasteiger partial charge in [0.25, 0.3) is 5.91 Å². The summed E-state index contributed by atoms with van der Waals surface area (Å²) in [4.78, 5) is 23.3. The molecular weight excluding hydrogens is 472 g/mol. The second-order valence-electron chi connectivity index (χ2n) is 8.61. The van der Waals surface area contributed by atoms with Gasteiger partial charge in [0.15, 0.2) is 5.17 Å². The number of amides is 1. The molecule has 0 aliphatic carbocycles. The second-order valence-corrected chi connectivity index (χ2v) is 9.62. The smallest absolute Gasteiger partial charge is 0.266 e.